The number of thioether (sulfide) groups is 1. The first-order valence-electron chi connectivity index (χ1n) is 8.95. The fraction of sp³-hybridized carbons (Fsp3) is 0.579. The second kappa shape index (κ2) is 9.92. The first kappa shape index (κ1) is 20.7. The van der Waals surface area contributed by atoms with Crippen LogP contribution < -0.4 is 0 Å². The summed E-state index contributed by atoms with van der Waals surface area (Å²) in [4.78, 5) is 28.4. The van der Waals surface area contributed by atoms with Crippen LogP contribution in [0.4, 0.5) is 4.39 Å². The van der Waals surface area contributed by atoms with Crippen molar-refractivity contribution in [2.45, 2.75) is 26.1 Å². The summed E-state index contributed by atoms with van der Waals surface area (Å²) in [6.45, 7) is 7.79. The van der Waals surface area contributed by atoms with Gasteiger partial charge >= 0.3 is 5.97 Å². The molecule has 7 heteroatoms. The molecule has 1 aromatic carbocycles. The van der Waals surface area contributed by atoms with Crippen molar-refractivity contribution in [1.82, 2.24) is 9.80 Å². The van der Waals surface area contributed by atoms with Crippen molar-refractivity contribution >= 4 is 23.6 Å². The molecule has 0 saturated carbocycles. The Kier molecular flexibility index (Phi) is 7.90. The van der Waals surface area contributed by atoms with Gasteiger partial charge in [-0.1, -0.05) is 26.0 Å². The molecule has 26 heavy (non-hydrogen) atoms. The van der Waals surface area contributed by atoms with Crippen molar-refractivity contribution in [1.29, 1.82) is 0 Å². The SMILES string of the molecule is CCOC(=O)CN(CC(=O)N1CCS[C@@H]1c1ccc(F)cc1)CC(C)C. The minimum absolute atomic E-state index is 0.0192. The van der Waals surface area contributed by atoms with Gasteiger partial charge in [0.2, 0.25) is 5.91 Å². The number of amides is 1. The van der Waals surface area contributed by atoms with E-state index in [1.54, 1.807) is 30.8 Å². The molecule has 1 saturated heterocycles. The lowest BCUT2D eigenvalue weighted by molar-refractivity contribution is -0.145. The van der Waals surface area contributed by atoms with E-state index in [1.165, 1.54) is 12.1 Å². The number of benzene rings is 1. The fourth-order valence-corrected chi connectivity index (χ4v) is 4.28. The van der Waals surface area contributed by atoms with Gasteiger partial charge in [0.05, 0.1) is 19.7 Å². The monoisotopic (exact) mass is 382 g/mol. The van der Waals surface area contributed by atoms with Gasteiger partial charge < -0.3 is 9.64 Å². The topological polar surface area (TPSA) is 49.9 Å². The molecule has 0 spiro atoms. The Hall–Kier alpha value is -1.60. The predicted molar refractivity (Wildman–Crippen MR) is 101 cm³/mol. The van der Waals surface area contributed by atoms with Crippen LogP contribution in [0.3, 0.4) is 0 Å². The zero-order chi connectivity index (χ0) is 19.1. The molecular weight excluding hydrogens is 355 g/mol. The third kappa shape index (κ3) is 5.99. The van der Waals surface area contributed by atoms with Crippen LogP contribution in [0.2, 0.25) is 0 Å². The molecule has 0 radical (unpaired) electrons. The number of hydrogen-bond acceptors (Lipinski definition) is 5. The summed E-state index contributed by atoms with van der Waals surface area (Å²) < 4.78 is 18.2. The molecular formula is C19H27FN2O3S. The van der Waals surface area contributed by atoms with E-state index in [0.717, 1.165) is 11.3 Å². The van der Waals surface area contributed by atoms with Crippen molar-refractivity contribution in [2.24, 2.45) is 5.92 Å². The van der Waals surface area contributed by atoms with Gasteiger partial charge in [-0.15, -0.1) is 11.8 Å². The highest BCUT2D eigenvalue weighted by molar-refractivity contribution is 7.99. The molecule has 144 valence electrons. The van der Waals surface area contributed by atoms with Crippen LogP contribution in [0.25, 0.3) is 0 Å². The molecule has 0 N–H and O–H groups in total. The molecule has 2 rings (SSSR count). The summed E-state index contributed by atoms with van der Waals surface area (Å²) in [5, 5.41) is -0.105. The summed E-state index contributed by atoms with van der Waals surface area (Å²) in [6.07, 6.45) is 0. The number of rotatable bonds is 8. The second-order valence-electron chi connectivity index (χ2n) is 6.73. The van der Waals surface area contributed by atoms with Crippen molar-refractivity contribution < 1.29 is 18.7 Å². The van der Waals surface area contributed by atoms with Crippen molar-refractivity contribution in [3.8, 4) is 0 Å². The molecule has 5 nitrogen and oxygen atoms in total. The van der Waals surface area contributed by atoms with Crippen LogP contribution in [-0.2, 0) is 14.3 Å². The Bertz CT molecular complexity index is 609. The van der Waals surface area contributed by atoms with Gasteiger partial charge in [0.1, 0.15) is 11.2 Å². The van der Waals surface area contributed by atoms with Gasteiger partial charge in [-0.3, -0.25) is 14.5 Å². The maximum absolute atomic E-state index is 13.2. The van der Waals surface area contributed by atoms with Crippen molar-refractivity contribution in [2.75, 3.05) is 38.5 Å². The molecule has 0 bridgehead atoms. The van der Waals surface area contributed by atoms with Crippen LogP contribution in [-0.4, -0.2) is 60.2 Å². The second-order valence-corrected chi connectivity index (χ2v) is 7.92. The number of carbonyl (C=O) groups is 2. The molecule has 1 aromatic rings. The predicted octanol–water partition coefficient (Wildman–Crippen LogP) is 2.92. The van der Waals surface area contributed by atoms with E-state index in [4.69, 9.17) is 4.74 Å². The molecule has 1 atom stereocenters. The van der Waals surface area contributed by atoms with Gasteiger partial charge in [-0.25, -0.2) is 4.39 Å². The maximum atomic E-state index is 13.2. The van der Waals surface area contributed by atoms with Crippen LogP contribution >= 0.6 is 11.8 Å². The molecule has 0 unspecified atom stereocenters. The minimum atomic E-state index is -0.313. The molecule has 0 aromatic heterocycles. The molecule has 1 aliphatic heterocycles. The maximum Gasteiger partial charge on any atom is 0.320 e. The summed E-state index contributed by atoms with van der Waals surface area (Å²) in [5.74, 6) is 0.557. The smallest absolute Gasteiger partial charge is 0.320 e. The minimum Gasteiger partial charge on any atom is -0.465 e. The van der Waals surface area contributed by atoms with Crippen LogP contribution in [0.5, 0.6) is 0 Å². The van der Waals surface area contributed by atoms with Gasteiger partial charge in [-0.2, -0.15) is 0 Å². The number of carbonyl (C=O) groups excluding carboxylic acids is 2. The Labute approximate surface area is 158 Å². The summed E-state index contributed by atoms with van der Waals surface area (Å²) in [5.41, 5.74) is 0.919. The molecule has 1 fully saturated rings. The average Bonchev–Trinajstić information content (AvgIpc) is 3.04. The Morgan fingerprint density at radius 3 is 2.62 bits per heavy atom. The van der Waals surface area contributed by atoms with Gasteiger partial charge in [0.15, 0.2) is 0 Å². The Balaban J connectivity index is 2.04. The number of nitrogens with zero attached hydrogens (tertiary/aromatic N) is 2. The zero-order valence-corrected chi connectivity index (χ0v) is 16.4. The highest BCUT2D eigenvalue weighted by atomic mass is 32.2. The van der Waals surface area contributed by atoms with E-state index < -0.39 is 0 Å². The standard InChI is InChI=1S/C19H27FN2O3S/c1-4-25-18(24)13-21(11-14(2)3)12-17(23)22-9-10-26-19(22)15-5-7-16(20)8-6-15/h5-8,14,19H,4,9-13H2,1-3H3/t19-/m1/s1. The molecule has 1 heterocycles. The van der Waals surface area contributed by atoms with E-state index >= 15 is 0 Å². The summed E-state index contributed by atoms with van der Waals surface area (Å²) in [7, 11) is 0. The normalized spacial score (nSPS) is 17.2. The Morgan fingerprint density at radius 1 is 1.31 bits per heavy atom. The fourth-order valence-electron chi connectivity index (χ4n) is 3.00. The largest absolute Gasteiger partial charge is 0.465 e. The number of ether oxygens (including phenoxy) is 1. The van der Waals surface area contributed by atoms with Crippen LogP contribution in [0.1, 0.15) is 31.7 Å². The van der Waals surface area contributed by atoms with E-state index in [-0.39, 0.29) is 36.2 Å². The molecule has 1 amide bonds. The lowest BCUT2D eigenvalue weighted by Crippen LogP contribution is -2.43. The van der Waals surface area contributed by atoms with Crippen molar-refractivity contribution in [3.63, 3.8) is 0 Å². The zero-order valence-electron chi connectivity index (χ0n) is 15.6. The third-order valence-corrected chi connectivity index (χ3v) is 5.27. The van der Waals surface area contributed by atoms with Crippen molar-refractivity contribution in [3.05, 3.63) is 35.6 Å². The van der Waals surface area contributed by atoms with Crippen LogP contribution in [0.15, 0.2) is 24.3 Å². The first-order valence-corrected chi connectivity index (χ1v) is 10.00. The highest BCUT2D eigenvalue weighted by Gasteiger charge is 2.31. The summed E-state index contributed by atoms with van der Waals surface area (Å²) in [6, 6.07) is 6.29. The lowest BCUT2D eigenvalue weighted by Gasteiger charge is -2.28. The first-order chi connectivity index (χ1) is 12.4. The lowest BCUT2D eigenvalue weighted by atomic mass is 10.2. The Morgan fingerprint density at radius 2 is 2.00 bits per heavy atom. The van der Waals surface area contributed by atoms with E-state index in [2.05, 4.69) is 13.8 Å². The van der Waals surface area contributed by atoms with Gasteiger partial charge in [-0.05, 0) is 30.5 Å². The summed E-state index contributed by atoms with van der Waals surface area (Å²) >= 11 is 1.67. The number of hydrogen-bond donors (Lipinski definition) is 0. The van der Waals surface area contributed by atoms with E-state index in [0.29, 0.717) is 25.6 Å². The highest BCUT2D eigenvalue weighted by Crippen LogP contribution is 2.37. The van der Waals surface area contributed by atoms with Gasteiger partial charge in [0.25, 0.3) is 0 Å². The average molecular weight is 383 g/mol. The van der Waals surface area contributed by atoms with E-state index in [9.17, 15) is 14.0 Å². The number of esters is 1. The molecule has 0 aliphatic carbocycles. The van der Waals surface area contributed by atoms with E-state index in [1.807, 2.05) is 9.80 Å². The molecule has 1 aliphatic rings. The quantitative estimate of drug-likeness (QED) is 0.647. The third-order valence-electron chi connectivity index (χ3n) is 4.01. The number of halogens is 1. The van der Waals surface area contributed by atoms with Crippen LogP contribution in [0, 0.1) is 11.7 Å². The van der Waals surface area contributed by atoms with Gasteiger partial charge in [0, 0.05) is 18.8 Å².